The van der Waals surface area contributed by atoms with Crippen LogP contribution < -0.4 is 10.5 Å². The second-order valence-electron chi connectivity index (χ2n) is 8.06. The van der Waals surface area contributed by atoms with Crippen molar-refractivity contribution in [2.75, 3.05) is 24.5 Å². The highest BCUT2D eigenvalue weighted by Gasteiger charge is 2.33. The molecule has 1 amide bonds. The van der Waals surface area contributed by atoms with E-state index in [0.717, 1.165) is 43.7 Å². The number of piperidine rings is 1. The molecule has 0 aliphatic carbocycles. The molecule has 31 heavy (non-hydrogen) atoms. The van der Waals surface area contributed by atoms with E-state index < -0.39 is 0 Å². The third kappa shape index (κ3) is 4.48. The van der Waals surface area contributed by atoms with E-state index in [0.29, 0.717) is 33.8 Å². The molecule has 0 aromatic carbocycles. The zero-order valence-electron chi connectivity index (χ0n) is 18.3. The van der Waals surface area contributed by atoms with E-state index in [4.69, 9.17) is 12.2 Å². The topological polar surface area (TPSA) is 69.3 Å². The fraction of sp³-hybridized carbons (Fsp3) is 0.478. The average Bonchev–Trinajstić information content (AvgIpc) is 3.01. The van der Waals surface area contributed by atoms with Crippen molar-refractivity contribution in [2.45, 2.75) is 46.6 Å². The van der Waals surface area contributed by atoms with Crippen molar-refractivity contribution in [3.8, 4) is 6.07 Å². The van der Waals surface area contributed by atoms with E-state index in [1.165, 1.54) is 16.7 Å². The number of amides is 1. The number of thioether (sulfide) groups is 1. The summed E-state index contributed by atoms with van der Waals surface area (Å²) >= 11 is 6.63. The molecule has 164 valence electrons. The van der Waals surface area contributed by atoms with E-state index in [2.05, 4.69) is 24.5 Å². The molecule has 8 heteroatoms. The lowest BCUT2D eigenvalue weighted by molar-refractivity contribution is -0.121. The summed E-state index contributed by atoms with van der Waals surface area (Å²) < 4.78 is 2.21. The van der Waals surface area contributed by atoms with Gasteiger partial charge in [0.15, 0.2) is 0 Å². The molecule has 6 nitrogen and oxygen atoms in total. The number of carbonyl (C=O) groups excluding carboxylic acids is 1. The van der Waals surface area contributed by atoms with Gasteiger partial charge in [-0.3, -0.25) is 19.1 Å². The van der Waals surface area contributed by atoms with E-state index >= 15 is 0 Å². The minimum absolute atomic E-state index is 0.135. The number of pyridine rings is 1. The molecule has 1 aromatic heterocycles. The van der Waals surface area contributed by atoms with Gasteiger partial charge in [0.25, 0.3) is 11.5 Å². The molecule has 0 radical (unpaired) electrons. The first kappa shape index (κ1) is 23.3. The third-order valence-corrected chi connectivity index (χ3v) is 7.22. The van der Waals surface area contributed by atoms with E-state index in [-0.39, 0.29) is 17.0 Å². The molecule has 2 aliphatic rings. The SMILES string of the molecule is C=CCN1C(=O)C(=Cc2c(C)c(C#N)c(=O)n(CCC)c2N2CCC(C)CC2)SC1=S. The maximum Gasteiger partial charge on any atom is 0.270 e. The molecule has 1 aromatic rings. The van der Waals surface area contributed by atoms with E-state index in [9.17, 15) is 14.9 Å². The highest BCUT2D eigenvalue weighted by atomic mass is 32.2. The minimum Gasteiger partial charge on any atom is -0.357 e. The van der Waals surface area contributed by atoms with Gasteiger partial charge in [-0.25, -0.2) is 0 Å². The van der Waals surface area contributed by atoms with E-state index in [1.54, 1.807) is 17.6 Å². The lowest BCUT2D eigenvalue weighted by Gasteiger charge is -2.35. The van der Waals surface area contributed by atoms with Crippen LogP contribution in [-0.2, 0) is 11.3 Å². The van der Waals surface area contributed by atoms with Gasteiger partial charge in [-0.2, -0.15) is 5.26 Å². The third-order valence-electron chi connectivity index (χ3n) is 5.84. The number of anilines is 1. The van der Waals surface area contributed by atoms with Gasteiger partial charge in [-0.05, 0) is 43.7 Å². The van der Waals surface area contributed by atoms with Crippen LogP contribution in [0.25, 0.3) is 6.08 Å². The van der Waals surface area contributed by atoms with Crippen LogP contribution in [0.3, 0.4) is 0 Å². The van der Waals surface area contributed by atoms with Crippen molar-refractivity contribution in [3.63, 3.8) is 0 Å². The van der Waals surface area contributed by atoms with Gasteiger partial charge in [-0.1, -0.05) is 43.9 Å². The zero-order chi connectivity index (χ0) is 22.7. The quantitative estimate of drug-likeness (QED) is 0.365. The molecule has 3 heterocycles. The highest BCUT2D eigenvalue weighted by molar-refractivity contribution is 8.26. The molecule has 0 N–H and O–H groups in total. The van der Waals surface area contributed by atoms with Crippen LogP contribution in [0.2, 0.25) is 0 Å². The minimum atomic E-state index is -0.258. The molecule has 0 bridgehead atoms. The van der Waals surface area contributed by atoms with Crippen LogP contribution in [0.1, 0.15) is 49.8 Å². The fourth-order valence-electron chi connectivity index (χ4n) is 4.05. The standard InChI is InChI=1S/C23H28N4O2S2/c1-5-9-26-20(25-11-7-15(3)8-12-25)17(16(4)18(14-24)21(26)28)13-19-22(29)27(10-6-2)23(30)31-19/h6,13,15H,2,5,7-12H2,1,3-4H3. The molecule has 2 aliphatic heterocycles. The van der Waals surface area contributed by atoms with Gasteiger partial charge < -0.3 is 4.90 Å². The molecular weight excluding hydrogens is 428 g/mol. The van der Waals surface area contributed by atoms with Crippen molar-refractivity contribution in [1.82, 2.24) is 9.47 Å². The number of nitrogens with zero attached hydrogens (tertiary/aromatic N) is 4. The van der Waals surface area contributed by atoms with E-state index in [1.807, 2.05) is 13.0 Å². The van der Waals surface area contributed by atoms with Gasteiger partial charge in [-0.15, -0.1) is 6.58 Å². The Balaban J connectivity index is 2.23. The van der Waals surface area contributed by atoms with Gasteiger partial charge in [0.2, 0.25) is 0 Å². The molecule has 0 atom stereocenters. The lowest BCUT2D eigenvalue weighted by Crippen LogP contribution is -2.39. The Labute approximate surface area is 193 Å². The van der Waals surface area contributed by atoms with Crippen LogP contribution in [0.5, 0.6) is 0 Å². The predicted octanol–water partition coefficient (Wildman–Crippen LogP) is 4.06. The number of aromatic nitrogens is 1. The fourth-order valence-corrected chi connectivity index (χ4v) is 5.31. The average molecular weight is 457 g/mol. The molecule has 2 fully saturated rings. The summed E-state index contributed by atoms with van der Waals surface area (Å²) in [7, 11) is 0. The van der Waals surface area contributed by atoms with Crippen LogP contribution >= 0.6 is 24.0 Å². The summed E-state index contributed by atoms with van der Waals surface area (Å²) in [6.07, 6.45) is 6.32. The Morgan fingerprint density at radius 1 is 1.32 bits per heavy atom. The zero-order valence-corrected chi connectivity index (χ0v) is 19.9. The first-order valence-electron chi connectivity index (χ1n) is 10.6. The second-order valence-corrected chi connectivity index (χ2v) is 9.73. The van der Waals surface area contributed by atoms with Crippen molar-refractivity contribution in [2.24, 2.45) is 5.92 Å². The van der Waals surface area contributed by atoms with Crippen LogP contribution in [-0.4, -0.2) is 39.3 Å². The summed E-state index contributed by atoms with van der Waals surface area (Å²) in [5.74, 6) is 1.28. The van der Waals surface area contributed by atoms with Crippen molar-refractivity contribution in [3.05, 3.63) is 44.6 Å². The Hall–Kier alpha value is -2.37. The first-order chi connectivity index (χ1) is 14.8. The maximum absolute atomic E-state index is 13.2. The Bertz CT molecular complexity index is 1040. The smallest absolute Gasteiger partial charge is 0.270 e. The number of rotatable bonds is 6. The molecule has 3 rings (SSSR count). The number of hydrogen-bond donors (Lipinski definition) is 0. The normalized spacial score (nSPS) is 18.7. The number of hydrogen-bond acceptors (Lipinski definition) is 6. The summed E-state index contributed by atoms with van der Waals surface area (Å²) in [6, 6.07) is 2.09. The number of carbonyl (C=O) groups is 1. The Morgan fingerprint density at radius 2 is 2.00 bits per heavy atom. The molecule has 2 saturated heterocycles. The van der Waals surface area contributed by atoms with Crippen LogP contribution in [0.15, 0.2) is 22.4 Å². The highest BCUT2D eigenvalue weighted by Crippen LogP contribution is 2.36. The largest absolute Gasteiger partial charge is 0.357 e. The van der Waals surface area contributed by atoms with Crippen LogP contribution in [0.4, 0.5) is 5.82 Å². The summed E-state index contributed by atoms with van der Waals surface area (Å²) in [4.78, 5) is 30.4. The summed E-state index contributed by atoms with van der Waals surface area (Å²) in [5, 5.41) is 9.71. The summed E-state index contributed by atoms with van der Waals surface area (Å²) in [5.41, 5.74) is 1.25. The first-order valence-corrected chi connectivity index (χ1v) is 11.8. The van der Waals surface area contributed by atoms with Crippen LogP contribution in [0, 0.1) is 24.2 Å². The number of nitriles is 1. The monoisotopic (exact) mass is 456 g/mol. The molecule has 0 saturated carbocycles. The van der Waals surface area contributed by atoms with Gasteiger partial charge in [0.05, 0.1) is 4.91 Å². The van der Waals surface area contributed by atoms with Gasteiger partial charge in [0, 0.05) is 31.7 Å². The summed E-state index contributed by atoms with van der Waals surface area (Å²) in [6.45, 7) is 12.3. The maximum atomic E-state index is 13.2. The predicted molar refractivity (Wildman–Crippen MR) is 131 cm³/mol. The molecular formula is C23H28N4O2S2. The van der Waals surface area contributed by atoms with Crippen molar-refractivity contribution < 1.29 is 4.79 Å². The Kier molecular flexibility index (Phi) is 7.39. The number of thiocarbonyl (C=S) groups is 1. The molecule has 0 unspecified atom stereocenters. The lowest BCUT2D eigenvalue weighted by atomic mass is 9.97. The van der Waals surface area contributed by atoms with Gasteiger partial charge in [0.1, 0.15) is 21.8 Å². The second kappa shape index (κ2) is 9.84. The van der Waals surface area contributed by atoms with Crippen molar-refractivity contribution in [1.29, 1.82) is 5.26 Å². The molecule has 0 spiro atoms. The Morgan fingerprint density at radius 3 is 2.58 bits per heavy atom. The van der Waals surface area contributed by atoms with Crippen molar-refractivity contribution >= 4 is 46.1 Å². The van der Waals surface area contributed by atoms with Gasteiger partial charge >= 0.3 is 0 Å².